The van der Waals surface area contributed by atoms with E-state index in [9.17, 15) is 14.4 Å². The smallest absolute Gasteiger partial charge is 0.324 e. The zero-order valence-corrected chi connectivity index (χ0v) is 13.2. The molecule has 1 fully saturated rings. The standard InChI is InChI=1S/C16H20N2O5/c1-11(15(20)18-10-9-17-16(18)21)23-14(19)8-7-12-5-3-4-6-13(12)22-2/h3-6,11H,7-10H2,1-2H3,(H,17,21)/t11-/m0/s1. The highest BCUT2D eigenvalue weighted by molar-refractivity contribution is 5.98. The SMILES string of the molecule is COc1ccccc1CCC(=O)O[C@@H](C)C(=O)N1CCNC1=O. The molecule has 1 aromatic rings. The quantitative estimate of drug-likeness (QED) is 0.794. The number of methoxy groups -OCH3 is 1. The zero-order chi connectivity index (χ0) is 16.8. The summed E-state index contributed by atoms with van der Waals surface area (Å²) in [6, 6.07) is 6.95. The van der Waals surface area contributed by atoms with E-state index in [0.29, 0.717) is 25.3 Å². The van der Waals surface area contributed by atoms with Crippen molar-refractivity contribution >= 4 is 17.9 Å². The average molecular weight is 320 g/mol. The van der Waals surface area contributed by atoms with Gasteiger partial charge in [-0.3, -0.25) is 14.5 Å². The molecule has 1 aliphatic heterocycles. The first-order chi connectivity index (χ1) is 11.0. The van der Waals surface area contributed by atoms with Gasteiger partial charge in [0.05, 0.1) is 7.11 Å². The minimum absolute atomic E-state index is 0.129. The molecule has 1 atom stereocenters. The summed E-state index contributed by atoms with van der Waals surface area (Å²) in [5.74, 6) is -0.292. The molecule has 1 aromatic carbocycles. The van der Waals surface area contributed by atoms with Crippen LogP contribution in [0, 0.1) is 0 Å². The van der Waals surface area contributed by atoms with E-state index in [2.05, 4.69) is 5.32 Å². The summed E-state index contributed by atoms with van der Waals surface area (Å²) in [5.41, 5.74) is 0.893. The van der Waals surface area contributed by atoms with Gasteiger partial charge in [0, 0.05) is 19.5 Å². The Hall–Kier alpha value is -2.57. The molecule has 7 nitrogen and oxygen atoms in total. The highest BCUT2D eigenvalue weighted by atomic mass is 16.5. The van der Waals surface area contributed by atoms with Crippen molar-refractivity contribution in [2.45, 2.75) is 25.9 Å². The van der Waals surface area contributed by atoms with E-state index < -0.39 is 24.0 Å². The van der Waals surface area contributed by atoms with Gasteiger partial charge in [-0.25, -0.2) is 4.79 Å². The minimum Gasteiger partial charge on any atom is -0.496 e. The number of esters is 1. The summed E-state index contributed by atoms with van der Waals surface area (Å²) < 4.78 is 10.3. The van der Waals surface area contributed by atoms with Crippen LogP contribution in [0.1, 0.15) is 18.9 Å². The van der Waals surface area contributed by atoms with Gasteiger partial charge in [-0.15, -0.1) is 0 Å². The first-order valence-electron chi connectivity index (χ1n) is 7.43. The predicted molar refractivity (Wildman–Crippen MR) is 82.0 cm³/mol. The number of urea groups is 1. The number of ether oxygens (including phenoxy) is 2. The molecule has 0 aromatic heterocycles. The second-order valence-corrected chi connectivity index (χ2v) is 5.17. The monoisotopic (exact) mass is 320 g/mol. The Balaban J connectivity index is 1.84. The lowest BCUT2D eigenvalue weighted by atomic mass is 10.1. The van der Waals surface area contributed by atoms with Crippen LogP contribution in [0.3, 0.4) is 0 Å². The maximum Gasteiger partial charge on any atom is 0.324 e. The van der Waals surface area contributed by atoms with Gasteiger partial charge in [0.15, 0.2) is 6.10 Å². The second kappa shape index (κ2) is 7.62. The molecule has 1 heterocycles. The lowest BCUT2D eigenvalue weighted by Gasteiger charge is -2.18. The number of nitrogens with one attached hydrogen (secondary N) is 1. The van der Waals surface area contributed by atoms with Crippen LogP contribution in [0.25, 0.3) is 0 Å². The van der Waals surface area contributed by atoms with Crippen LogP contribution in [0.2, 0.25) is 0 Å². The highest BCUT2D eigenvalue weighted by Crippen LogP contribution is 2.19. The number of para-hydroxylation sites is 1. The molecule has 0 spiro atoms. The van der Waals surface area contributed by atoms with Gasteiger partial charge in [-0.2, -0.15) is 0 Å². The van der Waals surface area contributed by atoms with E-state index in [-0.39, 0.29) is 6.42 Å². The van der Waals surface area contributed by atoms with E-state index in [1.807, 2.05) is 24.3 Å². The molecule has 2 rings (SSSR count). The summed E-state index contributed by atoms with van der Waals surface area (Å²) >= 11 is 0. The number of benzene rings is 1. The van der Waals surface area contributed by atoms with Crippen molar-refractivity contribution in [3.63, 3.8) is 0 Å². The summed E-state index contributed by atoms with van der Waals surface area (Å²) in [6.45, 7) is 2.18. The highest BCUT2D eigenvalue weighted by Gasteiger charge is 2.31. The average Bonchev–Trinajstić information content (AvgIpc) is 2.98. The molecule has 1 N–H and O–H groups in total. The number of aryl methyl sites for hydroxylation is 1. The first kappa shape index (κ1) is 16.8. The number of amides is 3. The Morgan fingerprint density at radius 1 is 1.35 bits per heavy atom. The van der Waals surface area contributed by atoms with Crippen LogP contribution >= 0.6 is 0 Å². The number of carbonyl (C=O) groups is 3. The van der Waals surface area contributed by atoms with Gasteiger partial charge < -0.3 is 14.8 Å². The summed E-state index contributed by atoms with van der Waals surface area (Å²) in [4.78, 5) is 36.4. The molecule has 0 bridgehead atoms. The maximum atomic E-state index is 12.0. The van der Waals surface area contributed by atoms with E-state index in [1.165, 1.54) is 6.92 Å². The minimum atomic E-state index is -0.982. The predicted octanol–water partition coefficient (Wildman–Crippen LogP) is 1.11. The van der Waals surface area contributed by atoms with Crippen LogP contribution in [-0.4, -0.2) is 49.1 Å². The van der Waals surface area contributed by atoms with Crippen LogP contribution in [0.4, 0.5) is 4.79 Å². The molecular weight excluding hydrogens is 300 g/mol. The molecule has 0 aliphatic carbocycles. The summed E-state index contributed by atoms with van der Waals surface area (Å²) in [5, 5.41) is 2.53. The van der Waals surface area contributed by atoms with Gasteiger partial charge in [-0.05, 0) is 25.0 Å². The molecule has 0 radical (unpaired) electrons. The van der Waals surface area contributed by atoms with Crippen LogP contribution in [-0.2, 0) is 20.7 Å². The van der Waals surface area contributed by atoms with E-state index >= 15 is 0 Å². The fourth-order valence-corrected chi connectivity index (χ4v) is 2.35. The van der Waals surface area contributed by atoms with Gasteiger partial charge in [0.25, 0.3) is 5.91 Å². The maximum absolute atomic E-state index is 12.0. The molecule has 3 amide bonds. The molecule has 124 valence electrons. The Labute approximate surface area is 134 Å². The number of hydrogen-bond acceptors (Lipinski definition) is 5. The third kappa shape index (κ3) is 4.21. The Kier molecular flexibility index (Phi) is 5.56. The fraction of sp³-hybridized carbons (Fsp3) is 0.438. The lowest BCUT2D eigenvalue weighted by Crippen LogP contribution is -2.41. The Morgan fingerprint density at radius 2 is 2.09 bits per heavy atom. The van der Waals surface area contributed by atoms with Crippen molar-refractivity contribution in [2.75, 3.05) is 20.2 Å². The van der Waals surface area contributed by atoms with Crippen molar-refractivity contribution < 1.29 is 23.9 Å². The van der Waals surface area contributed by atoms with Crippen LogP contribution in [0.5, 0.6) is 5.75 Å². The molecule has 1 aliphatic rings. The van der Waals surface area contributed by atoms with Crippen molar-refractivity contribution in [3.05, 3.63) is 29.8 Å². The lowest BCUT2D eigenvalue weighted by molar-refractivity contribution is -0.157. The largest absolute Gasteiger partial charge is 0.496 e. The number of nitrogens with zero attached hydrogens (tertiary/aromatic N) is 1. The van der Waals surface area contributed by atoms with E-state index in [4.69, 9.17) is 9.47 Å². The van der Waals surface area contributed by atoms with Crippen molar-refractivity contribution in [3.8, 4) is 5.75 Å². The molecule has 0 saturated carbocycles. The van der Waals surface area contributed by atoms with E-state index in [1.54, 1.807) is 7.11 Å². The van der Waals surface area contributed by atoms with Crippen LogP contribution in [0.15, 0.2) is 24.3 Å². The first-order valence-corrected chi connectivity index (χ1v) is 7.43. The molecule has 7 heteroatoms. The summed E-state index contributed by atoms with van der Waals surface area (Å²) in [7, 11) is 1.57. The summed E-state index contributed by atoms with van der Waals surface area (Å²) in [6.07, 6.45) is -0.401. The molecular formula is C16H20N2O5. The Morgan fingerprint density at radius 3 is 2.74 bits per heavy atom. The molecule has 0 unspecified atom stereocenters. The Bertz CT molecular complexity index is 602. The molecule has 1 saturated heterocycles. The van der Waals surface area contributed by atoms with Gasteiger partial charge in [0.2, 0.25) is 0 Å². The van der Waals surface area contributed by atoms with E-state index in [0.717, 1.165) is 10.5 Å². The topological polar surface area (TPSA) is 84.9 Å². The van der Waals surface area contributed by atoms with Crippen molar-refractivity contribution in [1.29, 1.82) is 0 Å². The number of carbonyl (C=O) groups excluding carboxylic acids is 3. The number of hydrogen-bond donors (Lipinski definition) is 1. The number of rotatable bonds is 6. The second-order valence-electron chi connectivity index (χ2n) is 5.17. The van der Waals surface area contributed by atoms with Gasteiger partial charge in [-0.1, -0.05) is 18.2 Å². The third-order valence-corrected chi connectivity index (χ3v) is 3.57. The zero-order valence-electron chi connectivity index (χ0n) is 13.2. The molecule has 23 heavy (non-hydrogen) atoms. The van der Waals surface area contributed by atoms with Crippen molar-refractivity contribution in [1.82, 2.24) is 10.2 Å². The number of imide groups is 1. The van der Waals surface area contributed by atoms with Gasteiger partial charge in [0.1, 0.15) is 5.75 Å². The van der Waals surface area contributed by atoms with Gasteiger partial charge >= 0.3 is 12.0 Å². The van der Waals surface area contributed by atoms with Crippen LogP contribution < -0.4 is 10.1 Å². The normalized spacial score (nSPS) is 15.0. The fourth-order valence-electron chi connectivity index (χ4n) is 2.35. The van der Waals surface area contributed by atoms with Crippen molar-refractivity contribution in [2.24, 2.45) is 0 Å². The third-order valence-electron chi connectivity index (χ3n) is 3.57.